The second-order valence-electron chi connectivity index (χ2n) is 17.2. The third-order valence-electron chi connectivity index (χ3n) is 14.9. The van der Waals surface area contributed by atoms with Gasteiger partial charge in [-0.25, -0.2) is 8.42 Å². The van der Waals surface area contributed by atoms with Crippen LogP contribution in [0, 0.1) is 33.5 Å². The Morgan fingerprint density at radius 1 is 0.833 bits per heavy atom. The Kier molecular flexibility index (Phi) is 8.73. The first-order valence-corrected chi connectivity index (χ1v) is 22.7. The molecule has 8 unspecified atom stereocenters. The molecular weight excluding hydrogens is 731 g/mol. The summed E-state index contributed by atoms with van der Waals surface area (Å²) in [6.45, 7) is 4.86. The summed E-state index contributed by atoms with van der Waals surface area (Å²) < 4.78 is 30.5. The molecule has 6 nitrogen and oxygen atoms in total. The highest BCUT2D eigenvalue weighted by Crippen LogP contribution is 2.78. The summed E-state index contributed by atoms with van der Waals surface area (Å²) in [5.74, 6) is 0.0676. The van der Waals surface area contributed by atoms with E-state index in [4.69, 9.17) is 0 Å². The molecule has 0 saturated heterocycles. The third-order valence-corrected chi connectivity index (χ3v) is 19.1. The minimum atomic E-state index is -3.87. The standard InChI is InChI=1S/C45H49NO5S3/c1-41-20-16-32(47)28-43(41)23-24-45(36(29-43)40(48)35-14-7-6-13-34(35)31-10-4-3-5-11-31)37(41)17-21-42(2)38(45)18-22-44(42,49)30-46(25-19-33-12-8-26-52-33)54(50,51)39-15-9-27-53-39/h3-15,23-24,26-27,29,32,37-38,47,49H,16-22,25,28,30H2,1-2H3. The average Bonchev–Trinajstić information content (AvgIpc) is 3.96. The highest BCUT2D eigenvalue weighted by atomic mass is 32.2. The molecule has 6 aliphatic rings. The predicted octanol–water partition coefficient (Wildman–Crippen LogP) is 9.18. The molecular formula is C45H49NO5S3. The number of carbonyl (C=O) groups excluding carboxylic acids is 1. The molecule has 4 aromatic rings. The molecule has 3 fully saturated rings. The second kappa shape index (κ2) is 12.9. The Labute approximate surface area is 327 Å². The Bertz CT molecular complexity index is 2230. The number of aliphatic hydroxyl groups is 2. The largest absolute Gasteiger partial charge is 0.393 e. The lowest BCUT2D eigenvalue weighted by Gasteiger charge is -2.71. The molecule has 0 aliphatic heterocycles. The van der Waals surface area contributed by atoms with Crippen molar-refractivity contribution in [2.24, 2.45) is 33.5 Å². The monoisotopic (exact) mass is 779 g/mol. The van der Waals surface area contributed by atoms with E-state index >= 15 is 4.79 Å². The van der Waals surface area contributed by atoms with Crippen molar-refractivity contribution in [3.05, 3.63) is 124 Å². The van der Waals surface area contributed by atoms with Gasteiger partial charge in [0.1, 0.15) is 4.21 Å². The van der Waals surface area contributed by atoms with Gasteiger partial charge in [0.15, 0.2) is 5.78 Å². The summed E-state index contributed by atoms with van der Waals surface area (Å²) in [6.07, 6.45) is 11.9. The first-order chi connectivity index (χ1) is 25.9. The number of thiophene rings is 2. The van der Waals surface area contributed by atoms with Crippen LogP contribution >= 0.6 is 22.7 Å². The first kappa shape index (κ1) is 36.5. The van der Waals surface area contributed by atoms with Gasteiger partial charge in [-0.2, -0.15) is 4.31 Å². The molecule has 2 spiro atoms. The highest BCUT2D eigenvalue weighted by Gasteiger charge is 2.74. The van der Waals surface area contributed by atoms with Crippen LogP contribution in [0.1, 0.15) is 74.0 Å². The number of sulfonamides is 1. The molecule has 2 aromatic carbocycles. The van der Waals surface area contributed by atoms with Crippen LogP contribution in [0.15, 0.2) is 118 Å². The summed E-state index contributed by atoms with van der Waals surface area (Å²) in [7, 11) is -3.87. The van der Waals surface area contributed by atoms with Gasteiger partial charge in [-0.3, -0.25) is 4.79 Å². The van der Waals surface area contributed by atoms with Gasteiger partial charge < -0.3 is 10.2 Å². The number of Topliss-reactive ketones (excluding diaryl/α,β-unsaturated/α-hetero) is 1. The fourth-order valence-electron chi connectivity index (χ4n) is 12.1. The molecule has 9 heteroatoms. The molecule has 6 aliphatic carbocycles. The Morgan fingerprint density at radius 2 is 1.54 bits per heavy atom. The van der Waals surface area contributed by atoms with E-state index in [0.29, 0.717) is 35.5 Å². The molecule has 10 rings (SSSR count). The summed E-state index contributed by atoms with van der Waals surface area (Å²) >= 11 is 2.83. The van der Waals surface area contributed by atoms with Gasteiger partial charge in [-0.15, -0.1) is 22.7 Å². The van der Waals surface area contributed by atoms with Gasteiger partial charge in [0, 0.05) is 45.3 Å². The van der Waals surface area contributed by atoms with Crippen molar-refractivity contribution >= 4 is 38.5 Å². The summed E-state index contributed by atoms with van der Waals surface area (Å²) in [4.78, 5) is 16.6. The lowest BCUT2D eigenvalue weighted by molar-refractivity contribution is -0.173. The molecule has 2 aromatic heterocycles. The normalized spacial score (nSPS) is 35.4. The fraction of sp³-hybridized carbons (Fsp3) is 0.444. The number of hydrogen-bond donors (Lipinski definition) is 2. The van der Waals surface area contributed by atoms with Crippen molar-refractivity contribution < 1.29 is 23.4 Å². The SMILES string of the molecule is CC12CCC(O)CC13C=CC1(C(C(=O)c4ccccc4-c4ccccc4)=C3)C2CCC2(C)C1CCC2(O)CN(CCc1cccs1)S(=O)(=O)c1cccs1. The van der Waals surface area contributed by atoms with Gasteiger partial charge >= 0.3 is 0 Å². The second-order valence-corrected chi connectivity index (χ2v) is 21.3. The minimum absolute atomic E-state index is 0.00724. The number of ketones is 1. The molecule has 0 amide bonds. The predicted molar refractivity (Wildman–Crippen MR) is 216 cm³/mol. The molecule has 2 bridgehead atoms. The maximum absolute atomic E-state index is 15.5. The molecule has 2 N–H and O–H groups in total. The van der Waals surface area contributed by atoms with Crippen molar-refractivity contribution in [2.45, 2.75) is 81.1 Å². The van der Waals surface area contributed by atoms with Crippen LogP contribution in [0.25, 0.3) is 11.1 Å². The number of nitrogens with zero attached hydrogens (tertiary/aromatic N) is 1. The van der Waals surface area contributed by atoms with Crippen molar-refractivity contribution in [3.8, 4) is 11.1 Å². The Balaban J connectivity index is 1.15. The van der Waals surface area contributed by atoms with Crippen LogP contribution in [0.2, 0.25) is 0 Å². The zero-order chi connectivity index (χ0) is 37.6. The molecule has 8 atom stereocenters. The smallest absolute Gasteiger partial charge is 0.252 e. The number of carbonyl (C=O) groups is 1. The van der Waals surface area contributed by atoms with Crippen molar-refractivity contribution in [2.75, 3.05) is 13.1 Å². The van der Waals surface area contributed by atoms with Crippen LogP contribution in [-0.2, 0) is 16.4 Å². The highest BCUT2D eigenvalue weighted by molar-refractivity contribution is 7.91. The number of hydrogen-bond acceptors (Lipinski definition) is 7. The lowest BCUT2D eigenvalue weighted by Crippen LogP contribution is -2.67. The van der Waals surface area contributed by atoms with Crippen LogP contribution < -0.4 is 0 Å². The number of aliphatic hydroxyl groups excluding tert-OH is 1. The van der Waals surface area contributed by atoms with Crippen molar-refractivity contribution in [3.63, 3.8) is 0 Å². The van der Waals surface area contributed by atoms with Crippen LogP contribution in [0.5, 0.6) is 0 Å². The maximum atomic E-state index is 15.5. The molecule has 0 radical (unpaired) electrons. The zero-order valence-corrected chi connectivity index (χ0v) is 33.4. The van der Waals surface area contributed by atoms with Crippen molar-refractivity contribution in [1.29, 1.82) is 0 Å². The quantitative estimate of drug-likeness (QED) is 0.124. The first-order valence-electron chi connectivity index (χ1n) is 19.5. The third kappa shape index (κ3) is 5.18. The molecule has 2 heterocycles. The van der Waals surface area contributed by atoms with E-state index in [2.05, 4.69) is 32.1 Å². The topological polar surface area (TPSA) is 94.9 Å². The van der Waals surface area contributed by atoms with Gasteiger partial charge in [0.2, 0.25) is 0 Å². The van der Waals surface area contributed by atoms with Crippen LogP contribution in [0.3, 0.4) is 0 Å². The molecule has 282 valence electrons. The number of fused-ring (bicyclic) bond motifs is 1. The minimum Gasteiger partial charge on any atom is -0.393 e. The van der Waals surface area contributed by atoms with Crippen LogP contribution in [-0.4, -0.2) is 53.5 Å². The number of allylic oxidation sites excluding steroid dienone is 4. The van der Waals surface area contributed by atoms with Crippen molar-refractivity contribution in [1.82, 2.24) is 4.31 Å². The van der Waals surface area contributed by atoms with E-state index in [0.717, 1.165) is 47.3 Å². The van der Waals surface area contributed by atoms with Gasteiger partial charge in [0.05, 0.1) is 11.7 Å². The molecule has 54 heavy (non-hydrogen) atoms. The number of benzene rings is 2. The number of rotatable bonds is 10. The maximum Gasteiger partial charge on any atom is 0.252 e. The van der Waals surface area contributed by atoms with E-state index in [1.54, 1.807) is 33.2 Å². The van der Waals surface area contributed by atoms with Gasteiger partial charge in [-0.05, 0) is 103 Å². The zero-order valence-electron chi connectivity index (χ0n) is 31.0. The Morgan fingerprint density at radius 3 is 2.30 bits per heavy atom. The summed E-state index contributed by atoms with van der Waals surface area (Å²) in [5, 5.41) is 28.1. The van der Waals surface area contributed by atoms with E-state index in [1.807, 2.05) is 72.1 Å². The summed E-state index contributed by atoms with van der Waals surface area (Å²) in [6, 6.07) is 25.4. The van der Waals surface area contributed by atoms with Crippen LogP contribution in [0.4, 0.5) is 0 Å². The van der Waals surface area contributed by atoms with E-state index in [9.17, 15) is 18.6 Å². The summed E-state index contributed by atoms with van der Waals surface area (Å²) in [5.41, 5.74) is 0.116. The van der Waals surface area contributed by atoms with E-state index in [1.165, 1.54) is 11.3 Å². The van der Waals surface area contributed by atoms with E-state index < -0.39 is 38.0 Å². The average molecular weight is 780 g/mol. The van der Waals surface area contributed by atoms with Gasteiger partial charge in [-0.1, -0.05) is 98.8 Å². The lowest BCUT2D eigenvalue weighted by atomic mass is 9.32. The molecule has 3 saturated carbocycles. The Hall–Kier alpha value is -3.18. The fourth-order valence-corrected chi connectivity index (χ4v) is 15.4. The van der Waals surface area contributed by atoms with E-state index in [-0.39, 0.29) is 36.1 Å². The van der Waals surface area contributed by atoms with Gasteiger partial charge in [0.25, 0.3) is 10.0 Å².